The number of piperidine rings is 1. The topological polar surface area (TPSA) is 37.0 Å². The van der Waals surface area contributed by atoms with Crippen molar-refractivity contribution in [1.82, 2.24) is 10.3 Å². The van der Waals surface area contributed by atoms with Crippen LogP contribution in [-0.2, 0) is 0 Å². The maximum absolute atomic E-state index is 4.26. The summed E-state index contributed by atoms with van der Waals surface area (Å²) in [5, 5.41) is 6.86. The van der Waals surface area contributed by atoms with E-state index < -0.39 is 0 Å². The molecule has 2 N–H and O–H groups in total. The summed E-state index contributed by atoms with van der Waals surface area (Å²) in [6.07, 6.45) is 4.55. The van der Waals surface area contributed by atoms with Crippen LogP contribution in [0, 0.1) is 12.8 Å². The number of halogens is 1. The highest BCUT2D eigenvalue weighted by molar-refractivity contribution is 5.85. The standard InChI is InChI=1S/C12H19N3.ClH/c1-10-4-5-12(9-14-10)15-8-11-3-2-6-13-7-11;/h4-5,9,11,13,15H,2-3,6-8H2,1H3;1H. The quantitative estimate of drug-likeness (QED) is 0.852. The molecule has 2 rings (SSSR count). The number of nitrogens with one attached hydrogen (secondary N) is 2. The van der Waals surface area contributed by atoms with Crippen LogP contribution in [-0.4, -0.2) is 24.6 Å². The maximum atomic E-state index is 4.26. The third-order valence-electron chi connectivity index (χ3n) is 2.91. The van der Waals surface area contributed by atoms with Gasteiger partial charge in [0, 0.05) is 12.2 Å². The van der Waals surface area contributed by atoms with Gasteiger partial charge in [0.05, 0.1) is 11.9 Å². The Morgan fingerprint density at radius 3 is 3.00 bits per heavy atom. The molecular formula is C12H20ClN3. The summed E-state index contributed by atoms with van der Waals surface area (Å²) in [7, 11) is 0. The molecule has 0 bridgehead atoms. The second-order valence-electron chi connectivity index (χ2n) is 4.28. The molecule has 0 spiro atoms. The summed E-state index contributed by atoms with van der Waals surface area (Å²) in [5.74, 6) is 0.764. The number of rotatable bonds is 3. The van der Waals surface area contributed by atoms with E-state index in [4.69, 9.17) is 0 Å². The van der Waals surface area contributed by atoms with Crippen LogP contribution >= 0.6 is 12.4 Å². The average molecular weight is 242 g/mol. The molecule has 90 valence electrons. The van der Waals surface area contributed by atoms with Crippen molar-refractivity contribution in [3.05, 3.63) is 24.0 Å². The van der Waals surface area contributed by atoms with Gasteiger partial charge >= 0.3 is 0 Å². The van der Waals surface area contributed by atoms with E-state index in [2.05, 4.69) is 21.7 Å². The van der Waals surface area contributed by atoms with Crippen molar-refractivity contribution < 1.29 is 0 Å². The molecule has 1 fully saturated rings. The summed E-state index contributed by atoms with van der Waals surface area (Å²) in [6, 6.07) is 4.14. The number of nitrogens with zero attached hydrogens (tertiary/aromatic N) is 1. The third kappa shape index (κ3) is 3.99. The van der Waals surface area contributed by atoms with Crippen LogP contribution in [0.15, 0.2) is 18.3 Å². The Bertz CT molecular complexity index is 294. The highest BCUT2D eigenvalue weighted by Crippen LogP contribution is 2.12. The van der Waals surface area contributed by atoms with Crippen molar-refractivity contribution in [3.63, 3.8) is 0 Å². The lowest BCUT2D eigenvalue weighted by atomic mass is 10.00. The second kappa shape index (κ2) is 6.71. The van der Waals surface area contributed by atoms with Crippen LogP contribution in [0.2, 0.25) is 0 Å². The van der Waals surface area contributed by atoms with Gasteiger partial charge < -0.3 is 10.6 Å². The molecule has 4 heteroatoms. The van der Waals surface area contributed by atoms with Gasteiger partial charge in [-0.1, -0.05) is 0 Å². The normalized spacial score (nSPS) is 19.9. The van der Waals surface area contributed by atoms with Gasteiger partial charge in [0.2, 0.25) is 0 Å². The van der Waals surface area contributed by atoms with E-state index in [1.165, 1.54) is 19.4 Å². The van der Waals surface area contributed by atoms with Crippen molar-refractivity contribution >= 4 is 18.1 Å². The van der Waals surface area contributed by atoms with Crippen molar-refractivity contribution in [2.45, 2.75) is 19.8 Å². The fourth-order valence-corrected chi connectivity index (χ4v) is 1.93. The lowest BCUT2D eigenvalue weighted by molar-refractivity contribution is 0.393. The number of aromatic nitrogens is 1. The van der Waals surface area contributed by atoms with Crippen molar-refractivity contribution in [1.29, 1.82) is 0 Å². The molecule has 1 saturated heterocycles. The number of aryl methyl sites for hydroxylation is 1. The van der Waals surface area contributed by atoms with E-state index >= 15 is 0 Å². The molecule has 1 aliphatic rings. The van der Waals surface area contributed by atoms with Crippen molar-refractivity contribution in [2.75, 3.05) is 25.0 Å². The smallest absolute Gasteiger partial charge is 0.0527 e. The van der Waals surface area contributed by atoms with E-state index in [0.717, 1.165) is 30.4 Å². The fourth-order valence-electron chi connectivity index (χ4n) is 1.93. The second-order valence-corrected chi connectivity index (χ2v) is 4.28. The molecule has 0 amide bonds. The first-order valence-corrected chi connectivity index (χ1v) is 5.72. The third-order valence-corrected chi connectivity index (χ3v) is 2.91. The molecule has 1 aromatic heterocycles. The van der Waals surface area contributed by atoms with Crippen LogP contribution in [0.25, 0.3) is 0 Å². The summed E-state index contributed by atoms with van der Waals surface area (Å²) in [5.41, 5.74) is 2.20. The largest absolute Gasteiger partial charge is 0.383 e. The Morgan fingerprint density at radius 2 is 2.38 bits per heavy atom. The summed E-state index contributed by atoms with van der Waals surface area (Å²) in [6.45, 7) is 5.39. The van der Waals surface area contributed by atoms with Gasteiger partial charge in [-0.2, -0.15) is 0 Å². The molecular weight excluding hydrogens is 222 g/mol. The Balaban J connectivity index is 0.00000128. The van der Waals surface area contributed by atoms with Crippen LogP contribution in [0.3, 0.4) is 0 Å². The Morgan fingerprint density at radius 1 is 1.50 bits per heavy atom. The summed E-state index contributed by atoms with van der Waals surface area (Å²) < 4.78 is 0. The highest BCUT2D eigenvalue weighted by atomic mass is 35.5. The highest BCUT2D eigenvalue weighted by Gasteiger charge is 2.11. The zero-order valence-corrected chi connectivity index (χ0v) is 10.5. The Labute approximate surface area is 103 Å². The zero-order valence-electron chi connectivity index (χ0n) is 9.70. The zero-order chi connectivity index (χ0) is 10.5. The van der Waals surface area contributed by atoms with Gasteiger partial charge in [-0.15, -0.1) is 12.4 Å². The van der Waals surface area contributed by atoms with E-state index in [0.29, 0.717) is 0 Å². The van der Waals surface area contributed by atoms with E-state index in [1.807, 2.05) is 19.2 Å². The van der Waals surface area contributed by atoms with Gasteiger partial charge in [-0.3, -0.25) is 4.98 Å². The molecule has 0 radical (unpaired) electrons. The molecule has 1 aromatic rings. The van der Waals surface area contributed by atoms with Crippen molar-refractivity contribution in [3.8, 4) is 0 Å². The fraction of sp³-hybridized carbons (Fsp3) is 0.583. The number of hydrogen-bond acceptors (Lipinski definition) is 3. The molecule has 16 heavy (non-hydrogen) atoms. The summed E-state index contributed by atoms with van der Waals surface area (Å²) in [4.78, 5) is 4.26. The van der Waals surface area contributed by atoms with E-state index in [9.17, 15) is 0 Å². The molecule has 2 heterocycles. The van der Waals surface area contributed by atoms with Gasteiger partial charge in [0.15, 0.2) is 0 Å². The summed E-state index contributed by atoms with van der Waals surface area (Å²) >= 11 is 0. The van der Waals surface area contributed by atoms with E-state index in [1.54, 1.807) is 0 Å². The predicted octanol–water partition coefficient (Wildman–Crippen LogP) is 2.22. The van der Waals surface area contributed by atoms with E-state index in [-0.39, 0.29) is 12.4 Å². The molecule has 0 aliphatic carbocycles. The SMILES string of the molecule is Cc1ccc(NCC2CCCNC2)cn1.Cl. The molecule has 0 saturated carbocycles. The lowest BCUT2D eigenvalue weighted by Gasteiger charge is -2.23. The molecule has 3 nitrogen and oxygen atoms in total. The first-order chi connectivity index (χ1) is 7.34. The van der Waals surface area contributed by atoms with Crippen LogP contribution < -0.4 is 10.6 Å². The maximum Gasteiger partial charge on any atom is 0.0527 e. The minimum atomic E-state index is 0. The molecule has 1 atom stereocenters. The predicted molar refractivity (Wildman–Crippen MR) is 70.3 cm³/mol. The number of anilines is 1. The van der Waals surface area contributed by atoms with Gasteiger partial charge in [-0.05, 0) is 50.9 Å². The monoisotopic (exact) mass is 241 g/mol. The Hall–Kier alpha value is -0.800. The van der Waals surface area contributed by atoms with Gasteiger partial charge in [0.1, 0.15) is 0 Å². The lowest BCUT2D eigenvalue weighted by Crippen LogP contribution is -2.33. The number of pyridine rings is 1. The van der Waals surface area contributed by atoms with Crippen LogP contribution in [0.5, 0.6) is 0 Å². The van der Waals surface area contributed by atoms with Crippen LogP contribution in [0.1, 0.15) is 18.5 Å². The minimum absolute atomic E-state index is 0. The Kier molecular flexibility index (Phi) is 5.56. The molecule has 0 aromatic carbocycles. The first kappa shape index (κ1) is 13.3. The van der Waals surface area contributed by atoms with Gasteiger partial charge in [-0.25, -0.2) is 0 Å². The molecule has 1 aliphatic heterocycles. The van der Waals surface area contributed by atoms with Crippen molar-refractivity contribution in [2.24, 2.45) is 5.92 Å². The minimum Gasteiger partial charge on any atom is -0.383 e. The first-order valence-electron chi connectivity index (χ1n) is 5.72. The molecule has 1 unspecified atom stereocenters. The number of hydrogen-bond donors (Lipinski definition) is 2. The average Bonchev–Trinajstić information content (AvgIpc) is 2.30. The van der Waals surface area contributed by atoms with Crippen LogP contribution in [0.4, 0.5) is 5.69 Å². The van der Waals surface area contributed by atoms with Gasteiger partial charge in [0.25, 0.3) is 0 Å².